The Morgan fingerprint density at radius 3 is 2.45 bits per heavy atom. The van der Waals surface area contributed by atoms with Crippen LogP contribution in [0.3, 0.4) is 0 Å². The van der Waals surface area contributed by atoms with Crippen molar-refractivity contribution < 1.29 is 0 Å². The lowest BCUT2D eigenvalue weighted by Crippen LogP contribution is -2.23. The van der Waals surface area contributed by atoms with E-state index >= 15 is 0 Å². The predicted octanol–water partition coefficient (Wildman–Crippen LogP) is 4.35. The lowest BCUT2D eigenvalue weighted by atomic mass is 9.98. The molecule has 0 aliphatic heterocycles. The van der Waals surface area contributed by atoms with Gasteiger partial charge in [-0.3, -0.25) is 4.98 Å². The molecular weight excluding hydrogens is 312 g/mol. The third-order valence-corrected chi connectivity index (χ3v) is 3.78. The highest BCUT2D eigenvalue weighted by atomic mass is 79.9. The van der Waals surface area contributed by atoms with Crippen molar-refractivity contribution in [2.75, 3.05) is 6.54 Å². The zero-order valence-corrected chi connectivity index (χ0v) is 13.9. The Kier molecular flexibility index (Phi) is 5.32. The quantitative estimate of drug-likeness (QED) is 0.880. The van der Waals surface area contributed by atoms with Gasteiger partial charge in [0.2, 0.25) is 0 Å². The van der Waals surface area contributed by atoms with Gasteiger partial charge in [-0.2, -0.15) is 0 Å². The van der Waals surface area contributed by atoms with E-state index in [9.17, 15) is 0 Å². The van der Waals surface area contributed by atoms with Crippen LogP contribution in [0.15, 0.2) is 40.9 Å². The Balaban J connectivity index is 2.26. The van der Waals surface area contributed by atoms with Crippen molar-refractivity contribution in [2.45, 2.75) is 33.2 Å². The molecule has 0 spiro atoms. The van der Waals surface area contributed by atoms with Gasteiger partial charge in [-0.25, -0.2) is 0 Å². The van der Waals surface area contributed by atoms with Crippen LogP contribution in [-0.4, -0.2) is 11.5 Å². The van der Waals surface area contributed by atoms with E-state index in [4.69, 9.17) is 0 Å². The molecule has 2 nitrogen and oxygen atoms in total. The Labute approximate surface area is 129 Å². The summed E-state index contributed by atoms with van der Waals surface area (Å²) in [4.78, 5) is 4.46. The van der Waals surface area contributed by atoms with Crippen LogP contribution in [0.1, 0.15) is 35.5 Å². The van der Waals surface area contributed by atoms with Crippen molar-refractivity contribution in [1.29, 1.82) is 0 Å². The van der Waals surface area contributed by atoms with Crippen LogP contribution in [0.4, 0.5) is 0 Å². The number of nitrogens with one attached hydrogen (secondary N) is 1. The maximum atomic E-state index is 4.46. The monoisotopic (exact) mass is 332 g/mol. The molecule has 1 unspecified atom stereocenters. The SMILES string of the molecule is CCNC(Cc1cccc(Br)c1)c1cc(C)nc(C)c1. The largest absolute Gasteiger partial charge is 0.310 e. The number of rotatable bonds is 5. The average molecular weight is 333 g/mol. The first kappa shape index (κ1) is 15.2. The second kappa shape index (κ2) is 7.00. The average Bonchev–Trinajstić information content (AvgIpc) is 2.37. The van der Waals surface area contributed by atoms with Gasteiger partial charge in [0, 0.05) is 21.9 Å². The van der Waals surface area contributed by atoms with Crippen molar-refractivity contribution in [3.8, 4) is 0 Å². The van der Waals surface area contributed by atoms with E-state index in [2.05, 4.69) is 83.4 Å². The van der Waals surface area contributed by atoms with Crippen molar-refractivity contribution in [2.24, 2.45) is 0 Å². The van der Waals surface area contributed by atoms with Gasteiger partial charge in [0.15, 0.2) is 0 Å². The molecule has 1 heterocycles. The van der Waals surface area contributed by atoms with Gasteiger partial charge in [-0.05, 0) is 62.2 Å². The second-order valence-electron chi connectivity index (χ2n) is 5.13. The Hall–Kier alpha value is -1.19. The Morgan fingerprint density at radius 1 is 1.15 bits per heavy atom. The van der Waals surface area contributed by atoms with Crippen LogP contribution in [0.5, 0.6) is 0 Å². The van der Waals surface area contributed by atoms with Gasteiger partial charge in [0.25, 0.3) is 0 Å². The topological polar surface area (TPSA) is 24.9 Å². The maximum Gasteiger partial charge on any atom is 0.0379 e. The molecule has 20 heavy (non-hydrogen) atoms. The third kappa shape index (κ3) is 4.15. The highest BCUT2D eigenvalue weighted by Crippen LogP contribution is 2.21. The molecule has 1 aromatic heterocycles. The molecule has 0 aliphatic carbocycles. The van der Waals surface area contributed by atoms with Crippen molar-refractivity contribution in [1.82, 2.24) is 10.3 Å². The van der Waals surface area contributed by atoms with Gasteiger partial charge in [0.05, 0.1) is 0 Å². The number of aryl methyl sites for hydroxylation is 2. The molecule has 1 N–H and O–H groups in total. The third-order valence-electron chi connectivity index (χ3n) is 3.29. The van der Waals surface area contributed by atoms with E-state index in [0.717, 1.165) is 28.8 Å². The summed E-state index contributed by atoms with van der Waals surface area (Å²) in [6, 6.07) is 13.2. The van der Waals surface area contributed by atoms with E-state index in [-0.39, 0.29) is 0 Å². The molecule has 0 saturated carbocycles. The number of benzene rings is 1. The lowest BCUT2D eigenvalue weighted by molar-refractivity contribution is 0.548. The number of likely N-dealkylation sites (N-methyl/N-ethyl adjacent to an activating group) is 1. The molecule has 0 aliphatic rings. The maximum absolute atomic E-state index is 4.46. The fourth-order valence-electron chi connectivity index (χ4n) is 2.52. The van der Waals surface area contributed by atoms with Crippen LogP contribution >= 0.6 is 15.9 Å². The van der Waals surface area contributed by atoms with E-state index in [1.165, 1.54) is 11.1 Å². The standard InChI is InChI=1S/C17H21BrN2/c1-4-19-17(11-14-6-5-7-16(18)10-14)15-8-12(2)20-13(3)9-15/h5-10,17,19H,4,11H2,1-3H3. The fraction of sp³-hybridized carbons (Fsp3) is 0.353. The summed E-state index contributed by atoms with van der Waals surface area (Å²) in [5.74, 6) is 0. The highest BCUT2D eigenvalue weighted by molar-refractivity contribution is 9.10. The number of pyridine rings is 1. The number of aromatic nitrogens is 1. The van der Waals surface area contributed by atoms with Crippen molar-refractivity contribution in [3.63, 3.8) is 0 Å². The zero-order chi connectivity index (χ0) is 14.5. The molecular formula is C17H21BrN2. The molecule has 0 saturated heterocycles. The van der Waals surface area contributed by atoms with Gasteiger partial charge < -0.3 is 5.32 Å². The van der Waals surface area contributed by atoms with Crippen LogP contribution < -0.4 is 5.32 Å². The molecule has 106 valence electrons. The van der Waals surface area contributed by atoms with E-state index in [1.807, 2.05) is 0 Å². The lowest BCUT2D eigenvalue weighted by Gasteiger charge is -2.19. The van der Waals surface area contributed by atoms with Crippen LogP contribution in [-0.2, 0) is 6.42 Å². The first-order chi connectivity index (χ1) is 9.58. The first-order valence-corrected chi connectivity index (χ1v) is 7.81. The minimum atomic E-state index is 0.328. The number of hydrogen-bond donors (Lipinski definition) is 1. The summed E-state index contributed by atoms with van der Waals surface area (Å²) in [5.41, 5.74) is 4.81. The normalized spacial score (nSPS) is 12.4. The molecule has 1 aromatic carbocycles. The van der Waals surface area contributed by atoms with Crippen LogP contribution in [0.25, 0.3) is 0 Å². The second-order valence-corrected chi connectivity index (χ2v) is 6.04. The van der Waals surface area contributed by atoms with Crippen molar-refractivity contribution in [3.05, 3.63) is 63.4 Å². The molecule has 1 atom stereocenters. The molecule has 2 aromatic rings. The Bertz CT molecular complexity index is 561. The molecule has 0 bridgehead atoms. The fourth-order valence-corrected chi connectivity index (χ4v) is 2.97. The molecule has 3 heteroatoms. The smallest absolute Gasteiger partial charge is 0.0379 e. The predicted molar refractivity (Wildman–Crippen MR) is 88.0 cm³/mol. The zero-order valence-electron chi connectivity index (χ0n) is 12.3. The molecule has 0 amide bonds. The Morgan fingerprint density at radius 2 is 1.85 bits per heavy atom. The summed E-state index contributed by atoms with van der Waals surface area (Å²) in [6.45, 7) is 7.21. The van der Waals surface area contributed by atoms with Crippen molar-refractivity contribution >= 4 is 15.9 Å². The number of hydrogen-bond acceptors (Lipinski definition) is 2. The first-order valence-electron chi connectivity index (χ1n) is 7.01. The number of halogens is 1. The van der Waals surface area contributed by atoms with E-state index in [0.29, 0.717) is 6.04 Å². The summed E-state index contributed by atoms with van der Waals surface area (Å²) in [5, 5.41) is 3.58. The molecule has 0 radical (unpaired) electrons. The van der Waals surface area contributed by atoms with Gasteiger partial charge in [-0.1, -0.05) is 35.0 Å². The minimum absolute atomic E-state index is 0.328. The van der Waals surface area contributed by atoms with Gasteiger partial charge in [-0.15, -0.1) is 0 Å². The summed E-state index contributed by atoms with van der Waals surface area (Å²) >= 11 is 3.54. The molecule has 0 fully saturated rings. The van der Waals surface area contributed by atoms with Crippen LogP contribution in [0, 0.1) is 13.8 Å². The summed E-state index contributed by atoms with van der Waals surface area (Å²) in [7, 11) is 0. The van der Waals surface area contributed by atoms with E-state index < -0.39 is 0 Å². The van der Waals surface area contributed by atoms with Gasteiger partial charge in [0.1, 0.15) is 0 Å². The number of nitrogens with zero attached hydrogens (tertiary/aromatic N) is 1. The molecule has 2 rings (SSSR count). The summed E-state index contributed by atoms with van der Waals surface area (Å²) in [6.07, 6.45) is 0.982. The van der Waals surface area contributed by atoms with E-state index in [1.54, 1.807) is 0 Å². The highest BCUT2D eigenvalue weighted by Gasteiger charge is 2.12. The van der Waals surface area contributed by atoms with Gasteiger partial charge >= 0.3 is 0 Å². The van der Waals surface area contributed by atoms with Crippen LogP contribution in [0.2, 0.25) is 0 Å². The minimum Gasteiger partial charge on any atom is -0.310 e. The summed E-state index contributed by atoms with van der Waals surface area (Å²) < 4.78 is 1.13.